The fourth-order valence-corrected chi connectivity index (χ4v) is 2.30. The van der Waals surface area contributed by atoms with Crippen LogP contribution < -0.4 is 5.73 Å². The third-order valence-electron chi connectivity index (χ3n) is 3.11. The maximum absolute atomic E-state index is 5.94. The van der Waals surface area contributed by atoms with Gasteiger partial charge in [0.2, 0.25) is 0 Å². The van der Waals surface area contributed by atoms with Gasteiger partial charge in [0.1, 0.15) is 0 Å². The van der Waals surface area contributed by atoms with Crippen molar-refractivity contribution in [1.29, 1.82) is 0 Å². The summed E-state index contributed by atoms with van der Waals surface area (Å²) in [5.74, 6) is 0.709. The summed E-state index contributed by atoms with van der Waals surface area (Å²) in [7, 11) is 0. The van der Waals surface area contributed by atoms with Crippen molar-refractivity contribution < 1.29 is 0 Å². The van der Waals surface area contributed by atoms with Crippen LogP contribution in [0.25, 0.3) is 0 Å². The lowest BCUT2D eigenvalue weighted by Crippen LogP contribution is -2.29. The summed E-state index contributed by atoms with van der Waals surface area (Å²) in [5.41, 5.74) is 7.79. The average Bonchev–Trinajstić information content (AvgIpc) is 3.05. The monoisotopic (exact) mass is 252 g/mol. The summed E-state index contributed by atoms with van der Waals surface area (Å²) in [4.78, 5) is 2.56. The highest BCUT2D eigenvalue weighted by Gasteiger charge is 2.29. The Hall–Kier alpha value is -0.730. The van der Waals surface area contributed by atoms with Crippen molar-refractivity contribution in [3.63, 3.8) is 0 Å². The average molecular weight is 253 g/mol. The predicted molar refractivity (Wildman–Crippen MR) is 74.1 cm³/mol. The van der Waals surface area contributed by atoms with E-state index in [1.54, 1.807) is 0 Å². The van der Waals surface area contributed by atoms with Crippen molar-refractivity contribution in [2.75, 3.05) is 12.3 Å². The molecule has 0 spiro atoms. The Morgan fingerprint density at radius 3 is 2.65 bits per heavy atom. The van der Waals surface area contributed by atoms with E-state index in [0.29, 0.717) is 16.6 Å². The molecule has 0 heterocycles. The van der Waals surface area contributed by atoms with Gasteiger partial charge in [0.05, 0.1) is 10.7 Å². The largest absolute Gasteiger partial charge is 0.398 e. The minimum atomic E-state index is 0.649. The highest BCUT2D eigenvalue weighted by atomic mass is 35.5. The molecule has 2 N–H and O–H groups in total. The smallest absolute Gasteiger partial charge is 0.0635 e. The molecule has 94 valence electrons. The van der Waals surface area contributed by atoms with Gasteiger partial charge < -0.3 is 5.73 Å². The predicted octanol–water partition coefficient (Wildman–Crippen LogP) is 3.54. The van der Waals surface area contributed by atoms with E-state index < -0.39 is 0 Å². The third kappa shape index (κ3) is 3.62. The van der Waals surface area contributed by atoms with Crippen LogP contribution >= 0.6 is 11.6 Å². The molecule has 3 heteroatoms. The van der Waals surface area contributed by atoms with E-state index in [2.05, 4.69) is 24.8 Å². The van der Waals surface area contributed by atoms with Crippen LogP contribution in [-0.2, 0) is 6.54 Å². The van der Waals surface area contributed by atoms with Crippen LogP contribution in [0.5, 0.6) is 0 Å². The number of nitrogens with zero attached hydrogens (tertiary/aromatic N) is 1. The number of halogens is 1. The van der Waals surface area contributed by atoms with E-state index in [4.69, 9.17) is 17.3 Å². The Balaban J connectivity index is 2.03. The van der Waals surface area contributed by atoms with Crippen molar-refractivity contribution in [2.45, 2.75) is 39.3 Å². The van der Waals surface area contributed by atoms with Gasteiger partial charge in [-0.25, -0.2) is 0 Å². The van der Waals surface area contributed by atoms with Crippen LogP contribution in [0.4, 0.5) is 5.69 Å². The van der Waals surface area contributed by atoms with Crippen LogP contribution in [-0.4, -0.2) is 17.5 Å². The molecule has 1 aromatic carbocycles. The Bertz CT molecular complexity index is 386. The van der Waals surface area contributed by atoms with Gasteiger partial charge in [-0.3, -0.25) is 4.90 Å². The molecule has 0 saturated heterocycles. The molecule has 0 aromatic heterocycles. The zero-order valence-electron chi connectivity index (χ0n) is 10.6. The van der Waals surface area contributed by atoms with Gasteiger partial charge in [-0.2, -0.15) is 0 Å². The van der Waals surface area contributed by atoms with Crippen molar-refractivity contribution in [2.24, 2.45) is 5.92 Å². The standard InChI is InChI=1S/C14H21ClN2/c1-10(2)8-17(12-4-5-12)9-11-3-6-13(15)14(16)7-11/h3,6-7,10,12H,4-5,8-9,16H2,1-2H3. The van der Waals surface area contributed by atoms with Crippen molar-refractivity contribution >= 4 is 17.3 Å². The molecule has 1 fully saturated rings. The number of hydrogen-bond acceptors (Lipinski definition) is 2. The van der Waals surface area contributed by atoms with Gasteiger partial charge in [-0.15, -0.1) is 0 Å². The number of hydrogen-bond donors (Lipinski definition) is 1. The van der Waals surface area contributed by atoms with Crippen LogP contribution in [0.3, 0.4) is 0 Å². The molecule has 2 nitrogen and oxygen atoms in total. The first-order chi connectivity index (χ1) is 8.06. The minimum absolute atomic E-state index is 0.649. The van der Waals surface area contributed by atoms with Gasteiger partial charge in [-0.1, -0.05) is 31.5 Å². The SMILES string of the molecule is CC(C)CN(Cc1ccc(Cl)c(N)c1)C1CC1. The quantitative estimate of drug-likeness (QED) is 0.813. The third-order valence-corrected chi connectivity index (χ3v) is 3.45. The van der Waals surface area contributed by atoms with E-state index in [1.165, 1.54) is 18.4 Å². The van der Waals surface area contributed by atoms with E-state index >= 15 is 0 Å². The van der Waals surface area contributed by atoms with Crippen molar-refractivity contribution in [3.05, 3.63) is 28.8 Å². The molecule has 1 saturated carbocycles. The molecule has 0 bridgehead atoms. The topological polar surface area (TPSA) is 29.3 Å². The Labute approximate surface area is 109 Å². The molecule has 0 unspecified atom stereocenters. The number of nitrogen functional groups attached to an aromatic ring is 1. The molecular weight excluding hydrogens is 232 g/mol. The number of benzene rings is 1. The highest BCUT2D eigenvalue weighted by Crippen LogP contribution is 2.30. The molecule has 17 heavy (non-hydrogen) atoms. The zero-order valence-corrected chi connectivity index (χ0v) is 11.4. The van der Waals surface area contributed by atoms with E-state index in [1.807, 2.05) is 12.1 Å². The summed E-state index contributed by atoms with van der Waals surface area (Å²) in [6, 6.07) is 6.76. The van der Waals surface area contributed by atoms with Gasteiger partial charge in [0, 0.05) is 19.1 Å². The normalized spacial score (nSPS) is 15.8. The van der Waals surface area contributed by atoms with Gasteiger partial charge in [0.25, 0.3) is 0 Å². The van der Waals surface area contributed by atoms with Crippen LogP contribution in [0.15, 0.2) is 18.2 Å². The summed E-state index contributed by atoms with van der Waals surface area (Å²) >= 11 is 5.94. The molecule has 0 aliphatic heterocycles. The summed E-state index contributed by atoms with van der Waals surface area (Å²) < 4.78 is 0. The van der Waals surface area contributed by atoms with Crippen LogP contribution in [0, 0.1) is 5.92 Å². The van der Waals surface area contributed by atoms with Crippen molar-refractivity contribution in [3.8, 4) is 0 Å². The van der Waals surface area contributed by atoms with E-state index in [9.17, 15) is 0 Å². The van der Waals surface area contributed by atoms with Crippen molar-refractivity contribution in [1.82, 2.24) is 4.90 Å². The molecule has 1 aliphatic carbocycles. The van der Waals surface area contributed by atoms with Gasteiger partial charge in [0.15, 0.2) is 0 Å². The van der Waals surface area contributed by atoms with Gasteiger partial charge in [-0.05, 0) is 36.5 Å². The Morgan fingerprint density at radius 1 is 1.41 bits per heavy atom. The maximum atomic E-state index is 5.94. The maximum Gasteiger partial charge on any atom is 0.0635 e. The first-order valence-electron chi connectivity index (χ1n) is 6.34. The molecule has 1 aliphatic rings. The fraction of sp³-hybridized carbons (Fsp3) is 0.571. The summed E-state index contributed by atoms with van der Waals surface area (Å²) in [6.07, 6.45) is 2.69. The lowest BCUT2D eigenvalue weighted by Gasteiger charge is -2.24. The lowest BCUT2D eigenvalue weighted by atomic mass is 10.1. The van der Waals surface area contributed by atoms with Crippen LogP contribution in [0.2, 0.25) is 5.02 Å². The molecule has 0 amide bonds. The molecule has 2 rings (SSSR count). The zero-order chi connectivity index (χ0) is 12.4. The first-order valence-corrected chi connectivity index (χ1v) is 6.72. The molecule has 0 atom stereocenters. The molecular formula is C14H21ClN2. The summed E-state index contributed by atoms with van der Waals surface area (Å²) in [6.45, 7) is 6.69. The summed E-state index contributed by atoms with van der Waals surface area (Å²) in [5, 5.41) is 0.649. The van der Waals surface area contributed by atoms with E-state index in [-0.39, 0.29) is 0 Å². The van der Waals surface area contributed by atoms with E-state index in [0.717, 1.165) is 19.1 Å². The number of anilines is 1. The number of nitrogens with two attached hydrogens (primary N) is 1. The van der Waals surface area contributed by atoms with Crippen LogP contribution in [0.1, 0.15) is 32.3 Å². The lowest BCUT2D eigenvalue weighted by molar-refractivity contribution is 0.226. The molecule has 0 radical (unpaired) electrons. The van der Waals surface area contributed by atoms with Gasteiger partial charge >= 0.3 is 0 Å². The minimum Gasteiger partial charge on any atom is -0.398 e. The highest BCUT2D eigenvalue weighted by molar-refractivity contribution is 6.33. The number of rotatable bonds is 5. The fourth-order valence-electron chi connectivity index (χ4n) is 2.18. The second kappa shape index (κ2) is 5.28. The second-order valence-corrected chi connectivity index (χ2v) is 5.82. The molecule has 1 aromatic rings. The second-order valence-electron chi connectivity index (χ2n) is 5.41. The Kier molecular flexibility index (Phi) is 3.95. The first kappa shape index (κ1) is 12.7. The Morgan fingerprint density at radius 2 is 2.12 bits per heavy atom.